The van der Waals surface area contributed by atoms with Gasteiger partial charge in [-0.05, 0) is 40.0 Å². The Morgan fingerprint density at radius 3 is 2.38 bits per heavy atom. The molecule has 8 heteroatoms. The van der Waals surface area contributed by atoms with Gasteiger partial charge in [0.05, 0.1) is 11.6 Å². The zero-order valence-electron chi connectivity index (χ0n) is 20.5. The lowest BCUT2D eigenvalue weighted by molar-refractivity contribution is -0.138. The second-order valence-electron chi connectivity index (χ2n) is 10.2. The molecule has 34 heavy (non-hydrogen) atoms. The fraction of sp³-hybridized carbons (Fsp3) is 0.538. The minimum absolute atomic E-state index is 0.0296. The highest BCUT2D eigenvalue weighted by molar-refractivity contribution is 7.16. The lowest BCUT2D eigenvalue weighted by atomic mass is 9.94. The molecular weight excluding hydrogens is 448 g/mol. The van der Waals surface area contributed by atoms with Crippen LogP contribution in [0.3, 0.4) is 0 Å². The van der Waals surface area contributed by atoms with Crippen LogP contribution in [-0.4, -0.2) is 57.7 Å². The molecule has 2 aliphatic heterocycles. The Morgan fingerprint density at radius 1 is 1.12 bits per heavy atom. The van der Waals surface area contributed by atoms with E-state index in [1.165, 1.54) is 11.3 Å². The van der Waals surface area contributed by atoms with Crippen LogP contribution < -0.4 is 5.32 Å². The van der Waals surface area contributed by atoms with Gasteiger partial charge in [0.25, 0.3) is 0 Å². The lowest BCUT2D eigenvalue weighted by Gasteiger charge is -2.34. The fourth-order valence-electron chi connectivity index (χ4n) is 4.82. The van der Waals surface area contributed by atoms with Crippen LogP contribution in [0.2, 0.25) is 0 Å². The smallest absolute Gasteiger partial charge is 0.229 e. The van der Waals surface area contributed by atoms with Gasteiger partial charge in [-0.3, -0.25) is 14.4 Å². The SMILES string of the molecule is CCc1sc(NC(=O)C2CCN(C(=O)C3CC(=O)N(C(C)(C)C)C3)CC2)nc1-c1ccccc1. The Hall–Kier alpha value is -2.74. The number of nitrogens with one attached hydrogen (secondary N) is 1. The minimum atomic E-state index is -0.281. The summed E-state index contributed by atoms with van der Waals surface area (Å²) in [6, 6.07) is 10.0. The van der Waals surface area contributed by atoms with E-state index in [2.05, 4.69) is 12.2 Å². The molecule has 2 saturated heterocycles. The van der Waals surface area contributed by atoms with Gasteiger partial charge in [-0.15, -0.1) is 11.3 Å². The Kier molecular flexibility index (Phi) is 7.07. The number of aromatic nitrogens is 1. The van der Waals surface area contributed by atoms with Gasteiger partial charge < -0.3 is 15.1 Å². The van der Waals surface area contributed by atoms with Gasteiger partial charge >= 0.3 is 0 Å². The number of piperidine rings is 1. The molecule has 0 bridgehead atoms. The first-order valence-electron chi connectivity index (χ1n) is 12.1. The molecule has 0 aliphatic carbocycles. The van der Waals surface area contributed by atoms with E-state index >= 15 is 0 Å². The van der Waals surface area contributed by atoms with Crippen LogP contribution in [-0.2, 0) is 20.8 Å². The van der Waals surface area contributed by atoms with Gasteiger partial charge in [-0.1, -0.05) is 37.3 Å². The monoisotopic (exact) mass is 482 g/mol. The number of anilines is 1. The molecule has 2 aromatic rings. The molecule has 1 N–H and O–H groups in total. The van der Waals surface area contributed by atoms with Crippen LogP contribution in [0.25, 0.3) is 11.3 Å². The number of thiazole rings is 1. The van der Waals surface area contributed by atoms with Gasteiger partial charge in [0.2, 0.25) is 17.7 Å². The summed E-state index contributed by atoms with van der Waals surface area (Å²) >= 11 is 1.53. The van der Waals surface area contributed by atoms with Crippen molar-refractivity contribution in [2.24, 2.45) is 11.8 Å². The number of hydrogen-bond acceptors (Lipinski definition) is 5. The van der Waals surface area contributed by atoms with E-state index in [-0.39, 0.29) is 41.5 Å². The van der Waals surface area contributed by atoms with Crippen molar-refractivity contribution in [1.82, 2.24) is 14.8 Å². The van der Waals surface area contributed by atoms with E-state index < -0.39 is 0 Å². The lowest BCUT2D eigenvalue weighted by Crippen LogP contribution is -2.46. The van der Waals surface area contributed by atoms with Gasteiger partial charge in [-0.25, -0.2) is 4.98 Å². The summed E-state index contributed by atoms with van der Waals surface area (Å²) in [5.74, 6) is -0.368. The minimum Gasteiger partial charge on any atom is -0.342 e. The molecular formula is C26H34N4O3S. The molecule has 182 valence electrons. The average molecular weight is 483 g/mol. The summed E-state index contributed by atoms with van der Waals surface area (Å²) in [5.41, 5.74) is 1.71. The summed E-state index contributed by atoms with van der Waals surface area (Å²) < 4.78 is 0. The fourth-order valence-corrected chi connectivity index (χ4v) is 5.74. The van der Waals surface area contributed by atoms with Crippen molar-refractivity contribution in [3.8, 4) is 11.3 Å². The number of carbonyl (C=O) groups is 3. The van der Waals surface area contributed by atoms with Gasteiger partial charge in [0.1, 0.15) is 0 Å². The summed E-state index contributed by atoms with van der Waals surface area (Å²) in [4.78, 5) is 47.8. The molecule has 1 unspecified atom stereocenters. The molecule has 0 spiro atoms. The number of likely N-dealkylation sites (tertiary alicyclic amines) is 2. The number of carbonyl (C=O) groups excluding carboxylic acids is 3. The van der Waals surface area contributed by atoms with E-state index in [1.54, 1.807) is 4.90 Å². The molecule has 3 amide bonds. The third-order valence-electron chi connectivity index (χ3n) is 6.76. The van der Waals surface area contributed by atoms with E-state index in [1.807, 2.05) is 56.0 Å². The molecule has 7 nitrogen and oxygen atoms in total. The average Bonchev–Trinajstić information content (AvgIpc) is 3.42. The maximum absolute atomic E-state index is 13.0. The van der Waals surface area contributed by atoms with Crippen LogP contribution >= 0.6 is 11.3 Å². The summed E-state index contributed by atoms with van der Waals surface area (Å²) in [6.45, 7) is 9.66. The molecule has 0 radical (unpaired) electrons. The molecule has 0 saturated carbocycles. The van der Waals surface area contributed by atoms with Crippen LogP contribution in [0.15, 0.2) is 30.3 Å². The van der Waals surface area contributed by atoms with Crippen molar-refractivity contribution in [3.63, 3.8) is 0 Å². The first-order chi connectivity index (χ1) is 16.2. The number of aryl methyl sites for hydroxylation is 1. The van der Waals surface area contributed by atoms with Crippen molar-refractivity contribution < 1.29 is 14.4 Å². The predicted octanol–water partition coefficient (Wildman–Crippen LogP) is 4.20. The van der Waals surface area contributed by atoms with Crippen molar-refractivity contribution in [1.29, 1.82) is 0 Å². The highest BCUT2D eigenvalue weighted by Gasteiger charge is 2.41. The third kappa shape index (κ3) is 5.17. The number of rotatable bonds is 5. The first-order valence-corrected chi connectivity index (χ1v) is 12.9. The van der Waals surface area contributed by atoms with Crippen molar-refractivity contribution >= 4 is 34.2 Å². The Bertz CT molecular complexity index is 1050. The second-order valence-corrected chi connectivity index (χ2v) is 11.3. The van der Waals surface area contributed by atoms with Crippen molar-refractivity contribution in [2.75, 3.05) is 25.0 Å². The number of hydrogen-bond donors (Lipinski definition) is 1. The molecule has 1 atom stereocenters. The van der Waals surface area contributed by atoms with Crippen LogP contribution in [0, 0.1) is 11.8 Å². The molecule has 4 rings (SSSR count). The van der Waals surface area contributed by atoms with Crippen LogP contribution in [0.5, 0.6) is 0 Å². The Balaban J connectivity index is 1.33. The zero-order chi connectivity index (χ0) is 24.5. The molecule has 3 heterocycles. The third-order valence-corrected chi connectivity index (χ3v) is 7.87. The largest absolute Gasteiger partial charge is 0.342 e. The van der Waals surface area contributed by atoms with Gasteiger partial charge in [0, 0.05) is 48.0 Å². The molecule has 2 fully saturated rings. The Morgan fingerprint density at radius 2 is 1.79 bits per heavy atom. The Labute approximate surface area is 205 Å². The van der Waals surface area contributed by atoms with Crippen molar-refractivity contribution in [3.05, 3.63) is 35.2 Å². The van der Waals surface area contributed by atoms with Gasteiger partial charge in [0.15, 0.2) is 5.13 Å². The standard InChI is InChI=1S/C26H34N4O3S/c1-5-20-22(17-9-7-6-8-10-17)27-25(34-20)28-23(32)18-11-13-29(14-12-18)24(33)19-15-21(31)30(16-19)26(2,3)4/h6-10,18-19H,5,11-16H2,1-4H3,(H,27,28,32). The molecule has 1 aromatic carbocycles. The van der Waals surface area contributed by atoms with E-state index in [0.29, 0.717) is 37.6 Å². The summed E-state index contributed by atoms with van der Waals surface area (Å²) in [5, 5.41) is 3.65. The van der Waals surface area contributed by atoms with E-state index in [0.717, 1.165) is 22.6 Å². The van der Waals surface area contributed by atoms with Crippen LogP contribution in [0.4, 0.5) is 5.13 Å². The number of benzene rings is 1. The highest BCUT2D eigenvalue weighted by atomic mass is 32.1. The van der Waals surface area contributed by atoms with Gasteiger partial charge in [-0.2, -0.15) is 0 Å². The van der Waals surface area contributed by atoms with Crippen molar-refractivity contribution in [2.45, 2.75) is 58.9 Å². The van der Waals surface area contributed by atoms with Crippen LogP contribution in [0.1, 0.15) is 51.8 Å². The maximum atomic E-state index is 13.0. The zero-order valence-corrected chi connectivity index (χ0v) is 21.3. The first kappa shape index (κ1) is 24.4. The quantitative estimate of drug-likeness (QED) is 0.693. The van der Waals surface area contributed by atoms with E-state index in [4.69, 9.17) is 4.98 Å². The normalized spacial score (nSPS) is 19.5. The number of nitrogens with zero attached hydrogens (tertiary/aromatic N) is 3. The molecule has 2 aliphatic rings. The maximum Gasteiger partial charge on any atom is 0.229 e. The predicted molar refractivity (Wildman–Crippen MR) is 134 cm³/mol. The van der Waals surface area contributed by atoms with E-state index in [9.17, 15) is 14.4 Å². The molecule has 1 aromatic heterocycles. The second kappa shape index (κ2) is 9.86. The summed E-state index contributed by atoms with van der Waals surface area (Å²) in [6.07, 6.45) is 2.39. The topological polar surface area (TPSA) is 82.6 Å². The summed E-state index contributed by atoms with van der Waals surface area (Å²) in [7, 11) is 0. The highest BCUT2D eigenvalue weighted by Crippen LogP contribution is 2.33. The number of amides is 3.